The minimum Gasteiger partial charge on any atom is -0.377 e. The Bertz CT molecular complexity index is 623. The van der Waals surface area contributed by atoms with Crippen LogP contribution in [0.2, 0.25) is 0 Å². The summed E-state index contributed by atoms with van der Waals surface area (Å²) in [7, 11) is 0. The van der Waals surface area contributed by atoms with E-state index in [0.29, 0.717) is 5.92 Å². The summed E-state index contributed by atoms with van der Waals surface area (Å²) in [5.41, 5.74) is 0.277. The molecule has 118 valence electrons. The van der Waals surface area contributed by atoms with Crippen molar-refractivity contribution in [2.45, 2.75) is 50.7 Å². The third-order valence-electron chi connectivity index (χ3n) is 5.95. The topological polar surface area (TPSA) is 38.3 Å². The van der Waals surface area contributed by atoms with E-state index in [0.717, 1.165) is 31.4 Å². The minimum atomic E-state index is -0.511. The monoisotopic (exact) mass is 303 g/mol. The van der Waals surface area contributed by atoms with Crippen LogP contribution in [0, 0.1) is 17.2 Å². The van der Waals surface area contributed by atoms with Crippen LogP contribution < -0.4 is 5.32 Å². The van der Waals surface area contributed by atoms with E-state index in [1.807, 2.05) is 6.07 Å². The summed E-state index contributed by atoms with van der Waals surface area (Å²) in [6.07, 6.45) is 2.90. The highest BCUT2D eigenvalue weighted by molar-refractivity contribution is 5.91. The Kier molecular flexibility index (Phi) is 2.93. The van der Waals surface area contributed by atoms with Gasteiger partial charge in [0.1, 0.15) is 5.82 Å². The number of carbonyl (C=O) groups excluding carboxylic acids is 1. The molecule has 1 aromatic rings. The van der Waals surface area contributed by atoms with E-state index >= 15 is 0 Å². The fraction of sp³-hybridized carbons (Fsp3) is 0.611. The summed E-state index contributed by atoms with van der Waals surface area (Å²) in [5, 5.41) is 3.26. The maximum atomic E-state index is 13.5. The van der Waals surface area contributed by atoms with Crippen LogP contribution >= 0.6 is 0 Å². The number of halogens is 1. The van der Waals surface area contributed by atoms with E-state index in [1.54, 1.807) is 6.07 Å². The number of hydrogen-bond donors (Lipinski definition) is 1. The molecule has 4 heteroatoms. The van der Waals surface area contributed by atoms with Crippen LogP contribution in [0.5, 0.6) is 0 Å². The molecule has 3 aliphatic rings. The van der Waals surface area contributed by atoms with E-state index in [1.165, 1.54) is 12.1 Å². The number of benzene rings is 1. The van der Waals surface area contributed by atoms with E-state index in [-0.39, 0.29) is 29.3 Å². The highest BCUT2D eigenvalue weighted by atomic mass is 19.1. The van der Waals surface area contributed by atoms with Gasteiger partial charge < -0.3 is 10.1 Å². The predicted octanol–water partition coefficient (Wildman–Crippen LogP) is 2.79. The van der Waals surface area contributed by atoms with Crippen molar-refractivity contribution in [3.8, 4) is 0 Å². The molecule has 1 aromatic carbocycles. The molecule has 2 aliphatic carbocycles. The SMILES string of the molecule is CC1(C)[C@@H](NC(=O)C2(c3cccc(F)c3)CC2)[C@H]2CCO[C@@H]21. The summed E-state index contributed by atoms with van der Waals surface area (Å²) < 4.78 is 19.3. The zero-order valence-corrected chi connectivity index (χ0v) is 13.1. The van der Waals surface area contributed by atoms with E-state index in [9.17, 15) is 9.18 Å². The molecule has 4 rings (SSSR count). The molecular formula is C18H22FNO2. The van der Waals surface area contributed by atoms with Crippen molar-refractivity contribution in [3.63, 3.8) is 0 Å². The number of hydrogen-bond acceptors (Lipinski definition) is 2. The van der Waals surface area contributed by atoms with E-state index in [4.69, 9.17) is 4.74 Å². The van der Waals surface area contributed by atoms with Gasteiger partial charge in [-0.15, -0.1) is 0 Å². The highest BCUT2D eigenvalue weighted by Crippen LogP contribution is 2.54. The van der Waals surface area contributed by atoms with Crippen molar-refractivity contribution < 1.29 is 13.9 Å². The maximum absolute atomic E-state index is 13.5. The van der Waals surface area contributed by atoms with Gasteiger partial charge in [0.2, 0.25) is 5.91 Å². The van der Waals surface area contributed by atoms with Gasteiger partial charge in [-0.05, 0) is 37.0 Å². The van der Waals surface area contributed by atoms with Gasteiger partial charge in [0.25, 0.3) is 0 Å². The van der Waals surface area contributed by atoms with Crippen molar-refractivity contribution in [3.05, 3.63) is 35.6 Å². The molecule has 3 nitrogen and oxygen atoms in total. The van der Waals surface area contributed by atoms with Crippen LogP contribution in [-0.2, 0) is 14.9 Å². The van der Waals surface area contributed by atoms with E-state index in [2.05, 4.69) is 19.2 Å². The molecule has 2 saturated carbocycles. The predicted molar refractivity (Wildman–Crippen MR) is 80.9 cm³/mol. The van der Waals surface area contributed by atoms with Crippen molar-refractivity contribution in [1.29, 1.82) is 0 Å². The summed E-state index contributed by atoms with van der Waals surface area (Å²) in [6.45, 7) is 5.11. The van der Waals surface area contributed by atoms with Gasteiger partial charge in [0.15, 0.2) is 0 Å². The molecule has 1 N–H and O–H groups in total. The fourth-order valence-electron chi connectivity index (χ4n) is 4.45. The standard InChI is InChI=1S/C18H22FNO2/c1-17(2)14(13-6-9-22-15(13)17)20-16(21)18(7-8-18)11-4-3-5-12(19)10-11/h3-5,10,13-15H,6-9H2,1-2H3,(H,20,21)/t13-,14+,15+/m1/s1. The Labute approximate surface area is 130 Å². The Morgan fingerprint density at radius 3 is 2.82 bits per heavy atom. The lowest BCUT2D eigenvalue weighted by Gasteiger charge is -2.54. The molecular weight excluding hydrogens is 281 g/mol. The average Bonchev–Trinajstić information content (AvgIpc) is 3.17. The quantitative estimate of drug-likeness (QED) is 0.932. The zero-order valence-electron chi connectivity index (χ0n) is 13.1. The summed E-state index contributed by atoms with van der Waals surface area (Å²) >= 11 is 0. The lowest BCUT2D eigenvalue weighted by molar-refractivity contribution is -0.139. The van der Waals surface area contributed by atoms with Crippen LogP contribution in [-0.4, -0.2) is 24.7 Å². The summed E-state index contributed by atoms with van der Waals surface area (Å²) in [6, 6.07) is 6.64. The van der Waals surface area contributed by atoms with Crippen LogP contribution in [0.25, 0.3) is 0 Å². The minimum absolute atomic E-state index is 0.0190. The number of rotatable bonds is 3. The molecule has 1 saturated heterocycles. The van der Waals surface area contributed by atoms with Gasteiger partial charge in [-0.2, -0.15) is 0 Å². The first-order valence-corrected chi connectivity index (χ1v) is 8.14. The Balaban J connectivity index is 1.53. The largest absolute Gasteiger partial charge is 0.377 e. The summed E-state index contributed by atoms with van der Waals surface area (Å²) in [5.74, 6) is 0.216. The number of fused-ring (bicyclic) bond motifs is 1. The Hall–Kier alpha value is -1.42. The third-order valence-corrected chi connectivity index (χ3v) is 5.95. The zero-order chi connectivity index (χ0) is 15.5. The van der Waals surface area contributed by atoms with Crippen LogP contribution in [0.15, 0.2) is 24.3 Å². The smallest absolute Gasteiger partial charge is 0.230 e. The van der Waals surface area contributed by atoms with Gasteiger partial charge in [-0.25, -0.2) is 4.39 Å². The number of ether oxygens (including phenoxy) is 1. The number of carbonyl (C=O) groups is 1. The molecule has 3 fully saturated rings. The molecule has 0 bridgehead atoms. The van der Waals surface area contributed by atoms with Crippen molar-refractivity contribution in [2.24, 2.45) is 11.3 Å². The first-order valence-electron chi connectivity index (χ1n) is 8.14. The van der Waals surface area contributed by atoms with Crippen molar-refractivity contribution in [1.82, 2.24) is 5.32 Å². The summed E-state index contributed by atoms with van der Waals surface area (Å²) in [4.78, 5) is 12.8. The van der Waals surface area contributed by atoms with Crippen molar-refractivity contribution >= 4 is 5.91 Å². The first kappa shape index (κ1) is 14.2. The molecule has 3 atom stereocenters. The molecule has 1 aliphatic heterocycles. The molecule has 1 amide bonds. The fourth-order valence-corrected chi connectivity index (χ4v) is 4.45. The lowest BCUT2D eigenvalue weighted by Crippen LogP contribution is -2.67. The van der Waals surface area contributed by atoms with Crippen LogP contribution in [0.4, 0.5) is 4.39 Å². The molecule has 0 unspecified atom stereocenters. The van der Waals surface area contributed by atoms with Gasteiger partial charge in [-0.3, -0.25) is 4.79 Å². The van der Waals surface area contributed by atoms with Gasteiger partial charge in [-0.1, -0.05) is 26.0 Å². The maximum Gasteiger partial charge on any atom is 0.230 e. The normalized spacial score (nSPS) is 33.7. The Morgan fingerprint density at radius 1 is 1.36 bits per heavy atom. The van der Waals surface area contributed by atoms with Gasteiger partial charge >= 0.3 is 0 Å². The number of nitrogens with one attached hydrogen (secondary N) is 1. The second-order valence-electron chi connectivity index (χ2n) is 7.61. The second kappa shape index (κ2) is 4.54. The molecule has 1 heterocycles. The van der Waals surface area contributed by atoms with Crippen LogP contribution in [0.3, 0.4) is 0 Å². The van der Waals surface area contributed by atoms with E-state index < -0.39 is 5.41 Å². The Morgan fingerprint density at radius 2 is 2.14 bits per heavy atom. The second-order valence-corrected chi connectivity index (χ2v) is 7.61. The van der Waals surface area contributed by atoms with Gasteiger partial charge in [0.05, 0.1) is 11.5 Å². The number of amides is 1. The molecule has 0 aromatic heterocycles. The first-order chi connectivity index (χ1) is 10.4. The average molecular weight is 303 g/mol. The lowest BCUT2D eigenvalue weighted by atomic mass is 9.57. The third kappa shape index (κ3) is 1.86. The molecule has 22 heavy (non-hydrogen) atoms. The van der Waals surface area contributed by atoms with Crippen molar-refractivity contribution in [2.75, 3.05) is 6.61 Å². The highest BCUT2D eigenvalue weighted by Gasteiger charge is 2.61. The van der Waals surface area contributed by atoms with Gasteiger partial charge in [0, 0.05) is 24.0 Å². The molecule has 0 radical (unpaired) electrons. The van der Waals surface area contributed by atoms with Crippen LogP contribution in [0.1, 0.15) is 38.7 Å². The molecule has 0 spiro atoms.